The molecule has 2 heterocycles. The third kappa shape index (κ3) is 2.76. The van der Waals surface area contributed by atoms with Gasteiger partial charge in [0.25, 0.3) is 0 Å². The van der Waals surface area contributed by atoms with Crippen LogP contribution < -0.4 is 5.73 Å². The predicted molar refractivity (Wildman–Crippen MR) is 84.0 cm³/mol. The van der Waals surface area contributed by atoms with Crippen LogP contribution in [0.5, 0.6) is 0 Å². The summed E-state index contributed by atoms with van der Waals surface area (Å²) in [7, 11) is 0. The van der Waals surface area contributed by atoms with Gasteiger partial charge in [-0.15, -0.1) is 0 Å². The fraction of sp³-hybridized carbons (Fsp3) is 0.533. The number of anilines is 1. The molecule has 5 heteroatoms. The highest BCUT2D eigenvalue weighted by Gasteiger charge is 2.17. The minimum absolute atomic E-state index is 0.548. The van der Waals surface area contributed by atoms with Gasteiger partial charge in [0.2, 0.25) is 5.95 Å². The van der Waals surface area contributed by atoms with Crippen LogP contribution in [0, 0.1) is 5.92 Å². The molecule has 1 saturated heterocycles. The SMILES string of the molecule is CC(CN1CCCC1)Cn1c(N)nc2ccc(Cl)cc21. The van der Waals surface area contributed by atoms with Crippen LogP contribution in [-0.4, -0.2) is 34.1 Å². The van der Waals surface area contributed by atoms with Gasteiger partial charge in [-0.3, -0.25) is 0 Å². The molecule has 0 bridgehead atoms. The summed E-state index contributed by atoms with van der Waals surface area (Å²) < 4.78 is 2.09. The Kier molecular flexibility index (Phi) is 3.85. The Morgan fingerprint density at radius 1 is 1.30 bits per heavy atom. The van der Waals surface area contributed by atoms with E-state index in [0.717, 1.165) is 29.1 Å². The smallest absolute Gasteiger partial charge is 0.201 e. The molecule has 2 aromatic rings. The first-order valence-electron chi connectivity index (χ1n) is 7.27. The molecule has 0 amide bonds. The largest absolute Gasteiger partial charge is 0.369 e. The van der Waals surface area contributed by atoms with E-state index in [4.69, 9.17) is 17.3 Å². The first kappa shape index (κ1) is 13.7. The van der Waals surface area contributed by atoms with Crippen molar-refractivity contribution in [3.8, 4) is 0 Å². The van der Waals surface area contributed by atoms with Gasteiger partial charge in [0.05, 0.1) is 11.0 Å². The van der Waals surface area contributed by atoms with Crippen LogP contribution >= 0.6 is 11.6 Å². The number of hydrogen-bond donors (Lipinski definition) is 1. The normalized spacial score (nSPS) is 17.9. The van der Waals surface area contributed by atoms with Crippen LogP contribution in [0.3, 0.4) is 0 Å². The molecule has 0 saturated carbocycles. The second-order valence-corrected chi connectivity index (χ2v) is 6.26. The van der Waals surface area contributed by atoms with Gasteiger partial charge >= 0.3 is 0 Å². The lowest BCUT2D eigenvalue weighted by atomic mass is 10.1. The Labute approximate surface area is 124 Å². The highest BCUT2D eigenvalue weighted by Crippen LogP contribution is 2.23. The number of hydrogen-bond acceptors (Lipinski definition) is 3. The van der Waals surface area contributed by atoms with Crippen molar-refractivity contribution in [2.75, 3.05) is 25.4 Å². The van der Waals surface area contributed by atoms with E-state index in [1.165, 1.54) is 25.9 Å². The molecule has 3 rings (SSSR count). The molecule has 0 spiro atoms. The number of nitrogen functional groups attached to an aromatic ring is 1. The molecular weight excluding hydrogens is 272 g/mol. The van der Waals surface area contributed by atoms with Gasteiger partial charge in [0.15, 0.2) is 0 Å². The van der Waals surface area contributed by atoms with Crippen LogP contribution in [0.25, 0.3) is 11.0 Å². The van der Waals surface area contributed by atoms with Crippen LogP contribution in [0.4, 0.5) is 5.95 Å². The Hall–Kier alpha value is -1.26. The predicted octanol–water partition coefficient (Wildman–Crippen LogP) is 3.00. The molecule has 1 fully saturated rings. The summed E-state index contributed by atoms with van der Waals surface area (Å²) in [6, 6.07) is 5.73. The molecule has 4 nitrogen and oxygen atoms in total. The van der Waals surface area contributed by atoms with Gasteiger partial charge in [0, 0.05) is 18.1 Å². The molecule has 1 aliphatic heterocycles. The van der Waals surface area contributed by atoms with Crippen molar-refractivity contribution < 1.29 is 0 Å². The Morgan fingerprint density at radius 3 is 2.80 bits per heavy atom. The zero-order valence-electron chi connectivity index (χ0n) is 11.8. The summed E-state index contributed by atoms with van der Waals surface area (Å²) in [5.41, 5.74) is 8.00. The van der Waals surface area contributed by atoms with Crippen molar-refractivity contribution >= 4 is 28.6 Å². The molecule has 1 aromatic carbocycles. The van der Waals surface area contributed by atoms with Crippen molar-refractivity contribution in [2.45, 2.75) is 26.3 Å². The number of nitrogens with two attached hydrogens (primary N) is 1. The van der Waals surface area contributed by atoms with Crippen molar-refractivity contribution in [2.24, 2.45) is 5.92 Å². The molecule has 20 heavy (non-hydrogen) atoms. The maximum absolute atomic E-state index is 6.08. The van der Waals surface area contributed by atoms with E-state index in [1.54, 1.807) is 0 Å². The third-order valence-corrected chi connectivity index (χ3v) is 4.24. The summed E-state index contributed by atoms with van der Waals surface area (Å²) in [4.78, 5) is 6.94. The molecule has 2 N–H and O–H groups in total. The highest BCUT2D eigenvalue weighted by atomic mass is 35.5. The quantitative estimate of drug-likeness (QED) is 0.942. The second kappa shape index (κ2) is 5.62. The topological polar surface area (TPSA) is 47.1 Å². The molecule has 1 unspecified atom stereocenters. The first-order valence-corrected chi connectivity index (χ1v) is 7.65. The fourth-order valence-corrected chi connectivity index (χ4v) is 3.25. The van der Waals surface area contributed by atoms with Gasteiger partial charge in [-0.2, -0.15) is 0 Å². The number of fused-ring (bicyclic) bond motifs is 1. The lowest BCUT2D eigenvalue weighted by Gasteiger charge is -2.21. The minimum atomic E-state index is 0.548. The van der Waals surface area contributed by atoms with E-state index < -0.39 is 0 Å². The zero-order valence-corrected chi connectivity index (χ0v) is 12.6. The molecular formula is C15H21ClN4. The Balaban J connectivity index is 1.78. The van der Waals surface area contributed by atoms with Gasteiger partial charge in [-0.05, 0) is 50.0 Å². The first-order chi connectivity index (χ1) is 9.63. The average molecular weight is 293 g/mol. The zero-order chi connectivity index (χ0) is 14.1. The third-order valence-electron chi connectivity index (χ3n) is 4.00. The number of likely N-dealkylation sites (tertiary alicyclic amines) is 1. The van der Waals surface area contributed by atoms with Crippen molar-refractivity contribution in [3.05, 3.63) is 23.2 Å². The van der Waals surface area contributed by atoms with Gasteiger partial charge in [-0.1, -0.05) is 18.5 Å². The summed E-state index contributed by atoms with van der Waals surface area (Å²) in [6.45, 7) is 6.75. The van der Waals surface area contributed by atoms with E-state index in [9.17, 15) is 0 Å². The molecule has 0 radical (unpaired) electrons. The summed E-state index contributed by atoms with van der Waals surface area (Å²) in [5.74, 6) is 1.13. The fourth-order valence-electron chi connectivity index (χ4n) is 3.08. The standard InChI is InChI=1S/C15H21ClN4/c1-11(9-19-6-2-3-7-19)10-20-14-8-12(16)4-5-13(14)18-15(20)17/h4-5,8,11H,2-3,6-7,9-10H2,1H3,(H2,17,18). The monoisotopic (exact) mass is 292 g/mol. The average Bonchev–Trinajstić information content (AvgIpc) is 3.00. The van der Waals surface area contributed by atoms with E-state index in [0.29, 0.717) is 11.9 Å². The van der Waals surface area contributed by atoms with Gasteiger partial charge in [0.1, 0.15) is 0 Å². The lowest BCUT2D eigenvalue weighted by molar-refractivity contribution is 0.273. The number of nitrogens with zero attached hydrogens (tertiary/aromatic N) is 3. The number of rotatable bonds is 4. The number of benzene rings is 1. The van der Waals surface area contributed by atoms with Crippen LogP contribution in [0.2, 0.25) is 5.02 Å². The van der Waals surface area contributed by atoms with Gasteiger partial charge in [-0.25, -0.2) is 4.98 Å². The summed E-state index contributed by atoms with van der Waals surface area (Å²) in [5, 5.41) is 0.728. The van der Waals surface area contributed by atoms with Gasteiger partial charge < -0.3 is 15.2 Å². The maximum atomic E-state index is 6.08. The van der Waals surface area contributed by atoms with Crippen LogP contribution in [0.1, 0.15) is 19.8 Å². The Morgan fingerprint density at radius 2 is 2.05 bits per heavy atom. The molecule has 108 valence electrons. The highest BCUT2D eigenvalue weighted by molar-refractivity contribution is 6.31. The summed E-state index contributed by atoms with van der Waals surface area (Å²) >= 11 is 6.08. The van der Waals surface area contributed by atoms with E-state index in [2.05, 4.69) is 21.4 Å². The molecule has 1 atom stereocenters. The lowest BCUT2D eigenvalue weighted by Crippen LogP contribution is -2.27. The van der Waals surface area contributed by atoms with E-state index in [1.807, 2.05) is 18.2 Å². The number of aromatic nitrogens is 2. The van der Waals surface area contributed by atoms with E-state index >= 15 is 0 Å². The van der Waals surface area contributed by atoms with Crippen molar-refractivity contribution in [1.29, 1.82) is 0 Å². The molecule has 1 aromatic heterocycles. The second-order valence-electron chi connectivity index (χ2n) is 5.83. The van der Waals surface area contributed by atoms with Crippen molar-refractivity contribution in [3.63, 3.8) is 0 Å². The minimum Gasteiger partial charge on any atom is -0.369 e. The maximum Gasteiger partial charge on any atom is 0.201 e. The number of halogens is 1. The molecule has 1 aliphatic rings. The van der Waals surface area contributed by atoms with Crippen molar-refractivity contribution in [1.82, 2.24) is 14.5 Å². The van der Waals surface area contributed by atoms with E-state index in [-0.39, 0.29) is 0 Å². The van der Waals surface area contributed by atoms with Crippen LogP contribution in [0.15, 0.2) is 18.2 Å². The van der Waals surface area contributed by atoms with Crippen LogP contribution in [-0.2, 0) is 6.54 Å². The Bertz CT molecular complexity index is 601. The number of imidazole rings is 1. The molecule has 0 aliphatic carbocycles. The summed E-state index contributed by atoms with van der Waals surface area (Å²) in [6.07, 6.45) is 2.66.